The number of benzene rings is 2. The van der Waals surface area contributed by atoms with Crippen molar-refractivity contribution in [3.63, 3.8) is 0 Å². The minimum Gasteiger partial charge on any atom is -0.392 e. The summed E-state index contributed by atoms with van der Waals surface area (Å²) in [5, 5.41) is 9.99. The molecule has 0 aromatic heterocycles. The molecule has 0 heterocycles. The van der Waals surface area contributed by atoms with Crippen molar-refractivity contribution in [1.82, 2.24) is 0 Å². The monoisotopic (exact) mass is 322 g/mol. The van der Waals surface area contributed by atoms with E-state index in [4.69, 9.17) is 0 Å². The first kappa shape index (κ1) is 13.7. The lowest BCUT2D eigenvalue weighted by atomic mass is 10.1. The van der Waals surface area contributed by atoms with Crippen molar-refractivity contribution in [1.29, 1.82) is 0 Å². The first-order chi connectivity index (χ1) is 8.74. The largest absolute Gasteiger partial charge is 0.392 e. The van der Waals surface area contributed by atoms with Crippen LogP contribution in [0.5, 0.6) is 0 Å². The van der Waals surface area contributed by atoms with E-state index in [1.54, 1.807) is 11.8 Å². The molecule has 2 rings (SSSR count). The SMILES string of the molecule is OC(CSc1ccc(Br)cc1)Cc1ccccc1. The van der Waals surface area contributed by atoms with Crippen molar-refractivity contribution in [2.24, 2.45) is 0 Å². The van der Waals surface area contributed by atoms with Gasteiger partial charge in [-0.05, 0) is 36.2 Å². The minimum atomic E-state index is -0.305. The van der Waals surface area contributed by atoms with Crippen LogP contribution in [0.25, 0.3) is 0 Å². The van der Waals surface area contributed by atoms with Gasteiger partial charge in [-0.3, -0.25) is 0 Å². The number of halogens is 1. The minimum absolute atomic E-state index is 0.305. The average molecular weight is 323 g/mol. The maximum atomic E-state index is 9.99. The van der Waals surface area contributed by atoms with E-state index < -0.39 is 0 Å². The molecular weight excluding hydrogens is 308 g/mol. The third kappa shape index (κ3) is 4.48. The number of hydrogen-bond acceptors (Lipinski definition) is 2. The van der Waals surface area contributed by atoms with Crippen LogP contribution in [0.2, 0.25) is 0 Å². The van der Waals surface area contributed by atoms with Gasteiger partial charge in [0.2, 0.25) is 0 Å². The Hall–Kier alpha value is -0.770. The van der Waals surface area contributed by atoms with E-state index >= 15 is 0 Å². The Morgan fingerprint density at radius 3 is 2.33 bits per heavy atom. The van der Waals surface area contributed by atoms with E-state index in [1.165, 1.54) is 10.5 Å². The van der Waals surface area contributed by atoms with E-state index in [2.05, 4.69) is 28.1 Å². The Balaban J connectivity index is 1.81. The fraction of sp³-hybridized carbons (Fsp3) is 0.200. The maximum absolute atomic E-state index is 9.99. The summed E-state index contributed by atoms with van der Waals surface area (Å²) in [4.78, 5) is 1.19. The molecule has 0 saturated carbocycles. The molecule has 0 saturated heterocycles. The molecule has 0 aliphatic heterocycles. The van der Waals surface area contributed by atoms with Gasteiger partial charge in [-0.2, -0.15) is 0 Å². The van der Waals surface area contributed by atoms with E-state index in [-0.39, 0.29) is 6.10 Å². The fourth-order valence-corrected chi connectivity index (χ4v) is 2.76. The number of aliphatic hydroxyl groups is 1. The van der Waals surface area contributed by atoms with E-state index in [9.17, 15) is 5.11 Å². The molecule has 1 unspecified atom stereocenters. The molecule has 1 nitrogen and oxygen atoms in total. The second-order valence-corrected chi connectivity index (χ2v) is 6.12. The zero-order valence-corrected chi connectivity index (χ0v) is 12.3. The first-order valence-corrected chi connectivity index (χ1v) is 7.62. The molecule has 0 amide bonds. The van der Waals surface area contributed by atoms with Crippen LogP contribution < -0.4 is 0 Å². The summed E-state index contributed by atoms with van der Waals surface area (Å²) in [5.41, 5.74) is 1.18. The Bertz CT molecular complexity index is 470. The molecule has 0 spiro atoms. The van der Waals surface area contributed by atoms with Crippen molar-refractivity contribution in [2.75, 3.05) is 5.75 Å². The van der Waals surface area contributed by atoms with Gasteiger partial charge in [-0.15, -0.1) is 11.8 Å². The third-order valence-corrected chi connectivity index (χ3v) is 4.26. The summed E-state index contributed by atoms with van der Waals surface area (Å²) in [5.74, 6) is 0.719. The van der Waals surface area contributed by atoms with Gasteiger partial charge in [-0.1, -0.05) is 46.3 Å². The summed E-state index contributed by atoms with van der Waals surface area (Å²) in [6.07, 6.45) is 0.408. The Kier molecular flexibility index (Phi) is 5.29. The summed E-state index contributed by atoms with van der Waals surface area (Å²) in [6.45, 7) is 0. The van der Waals surface area contributed by atoms with Gasteiger partial charge in [0.25, 0.3) is 0 Å². The van der Waals surface area contributed by atoms with Gasteiger partial charge < -0.3 is 5.11 Å². The Labute approximate surface area is 120 Å². The lowest BCUT2D eigenvalue weighted by Crippen LogP contribution is -2.13. The van der Waals surface area contributed by atoms with E-state index in [0.29, 0.717) is 6.42 Å². The number of hydrogen-bond donors (Lipinski definition) is 1. The lowest BCUT2D eigenvalue weighted by molar-refractivity contribution is 0.200. The van der Waals surface area contributed by atoms with Crippen molar-refractivity contribution in [3.8, 4) is 0 Å². The highest BCUT2D eigenvalue weighted by atomic mass is 79.9. The second kappa shape index (κ2) is 6.98. The molecule has 94 valence electrons. The predicted molar refractivity (Wildman–Crippen MR) is 81.0 cm³/mol. The number of aliphatic hydroxyl groups excluding tert-OH is 1. The van der Waals surface area contributed by atoms with Gasteiger partial charge in [0.05, 0.1) is 6.10 Å². The van der Waals surface area contributed by atoms with Crippen LogP contribution in [0.1, 0.15) is 5.56 Å². The van der Waals surface area contributed by atoms with Crippen molar-refractivity contribution in [3.05, 3.63) is 64.6 Å². The summed E-state index contributed by atoms with van der Waals surface area (Å²) in [7, 11) is 0. The first-order valence-electron chi connectivity index (χ1n) is 5.84. The van der Waals surface area contributed by atoms with E-state index in [1.807, 2.05) is 42.5 Å². The number of rotatable bonds is 5. The highest BCUT2D eigenvalue weighted by Gasteiger charge is 2.06. The fourth-order valence-electron chi connectivity index (χ4n) is 1.67. The molecule has 18 heavy (non-hydrogen) atoms. The molecule has 3 heteroatoms. The Morgan fingerprint density at radius 1 is 1.00 bits per heavy atom. The van der Waals surface area contributed by atoms with Gasteiger partial charge in [0.15, 0.2) is 0 Å². The normalized spacial score (nSPS) is 12.3. The molecule has 0 aliphatic carbocycles. The van der Waals surface area contributed by atoms with Crippen LogP contribution in [0, 0.1) is 0 Å². The van der Waals surface area contributed by atoms with Gasteiger partial charge in [0, 0.05) is 15.1 Å². The highest BCUT2D eigenvalue weighted by molar-refractivity contribution is 9.10. The van der Waals surface area contributed by atoms with Gasteiger partial charge in [0.1, 0.15) is 0 Å². The average Bonchev–Trinajstić information content (AvgIpc) is 2.39. The molecule has 2 aromatic carbocycles. The zero-order valence-electron chi connectivity index (χ0n) is 9.92. The quantitative estimate of drug-likeness (QED) is 0.835. The highest BCUT2D eigenvalue weighted by Crippen LogP contribution is 2.22. The molecule has 1 N–H and O–H groups in total. The summed E-state index contributed by atoms with van der Waals surface area (Å²) < 4.78 is 1.08. The number of thioether (sulfide) groups is 1. The molecule has 0 radical (unpaired) electrons. The molecule has 0 bridgehead atoms. The van der Waals surface area contributed by atoms with Crippen LogP contribution >= 0.6 is 27.7 Å². The van der Waals surface area contributed by atoms with Crippen LogP contribution in [0.3, 0.4) is 0 Å². The summed E-state index contributed by atoms with van der Waals surface area (Å²) in [6, 6.07) is 18.3. The molecule has 0 fully saturated rings. The van der Waals surface area contributed by atoms with Crippen LogP contribution in [0.15, 0.2) is 64.0 Å². The Morgan fingerprint density at radius 2 is 1.67 bits per heavy atom. The van der Waals surface area contributed by atoms with Crippen LogP contribution in [-0.4, -0.2) is 17.0 Å². The topological polar surface area (TPSA) is 20.2 Å². The predicted octanol–water partition coefficient (Wildman–Crippen LogP) is 4.14. The zero-order chi connectivity index (χ0) is 12.8. The van der Waals surface area contributed by atoms with Crippen LogP contribution in [0.4, 0.5) is 0 Å². The smallest absolute Gasteiger partial charge is 0.0674 e. The third-order valence-electron chi connectivity index (χ3n) is 2.57. The van der Waals surface area contributed by atoms with Gasteiger partial charge in [-0.25, -0.2) is 0 Å². The van der Waals surface area contributed by atoms with Crippen molar-refractivity contribution in [2.45, 2.75) is 17.4 Å². The molecule has 2 aromatic rings. The molecular formula is C15H15BrOS. The van der Waals surface area contributed by atoms with Crippen molar-refractivity contribution >= 4 is 27.7 Å². The lowest BCUT2D eigenvalue weighted by Gasteiger charge is -2.10. The summed E-state index contributed by atoms with van der Waals surface area (Å²) >= 11 is 5.10. The molecule has 1 atom stereocenters. The van der Waals surface area contributed by atoms with E-state index in [0.717, 1.165) is 10.2 Å². The maximum Gasteiger partial charge on any atom is 0.0674 e. The standard InChI is InChI=1S/C15H15BrOS/c16-13-6-8-15(9-7-13)18-11-14(17)10-12-4-2-1-3-5-12/h1-9,14,17H,10-11H2. The second-order valence-electron chi connectivity index (χ2n) is 4.11. The molecule has 0 aliphatic rings. The van der Waals surface area contributed by atoms with Crippen molar-refractivity contribution < 1.29 is 5.11 Å². The van der Waals surface area contributed by atoms with Gasteiger partial charge >= 0.3 is 0 Å². The van der Waals surface area contributed by atoms with Crippen LogP contribution in [-0.2, 0) is 6.42 Å².